The number of nitrogens with one attached hydrogen (secondary N) is 2. The van der Waals surface area contributed by atoms with Crippen molar-refractivity contribution in [3.63, 3.8) is 0 Å². The summed E-state index contributed by atoms with van der Waals surface area (Å²) >= 11 is 1.36. The lowest BCUT2D eigenvalue weighted by atomic mass is 10.2. The van der Waals surface area contributed by atoms with E-state index in [-0.39, 0.29) is 5.91 Å². The van der Waals surface area contributed by atoms with E-state index in [9.17, 15) is 4.79 Å². The summed E-state index contributed by atoms with van der Waals surface area (Å²) in [5.74, 6) is 0.144. The number of benzene rings is 1. The van der Waals surface area contributed by atoms with E-state index in [1.807, 2.05) is 32.0 Å². The third kappa shape index (κ3) is 3.17. The lowest BCUT2D eigenvalue weighted by Gasteiger charge is -2.01. The van der Waals surface area contributed by atoms with Gasteiger partial charge in [-0.2, -0.15) is 0 Å². The first-order valence-corrected chi connectivity index (χ1v) is 8.13. The highest BCUT2D eigenvalue weighted by Crippen LogP contribution is 2.19. The van der Waals surface area contributed by atoms with Gasteiger partial charge in [-0.1, -0.05) is 43.4 Å². The Morgan fingerprint density at radius 2 is 2.14 bits per heavy atom. The van der Waals surface area contributed by atoms with Gasteiger partial charge >= 0.3 is 0 Å². The van der Waals surface area contributed by atoms with Crippen LogP contribution in [-0.2, 0) is 6.42 Å². The quantitative estimate of drug-likeness (QED) is 0.760. The minimum atomic E-state index is -0.152. The van der Waals surface area contributed by atoms with Crippen LogP contribution in [0.3, 0.4) is 0 Å². The molecule has 1 aromatic carbocycles. The number of nitrogens with zero attached hydrogens (tertiary/aromatic N) is 2. The normalized spacial score (nSPS) is 11.2. The molecule has 3 aromatic rings. The van der Waals surface area contributed by atoms with Crippen molar-refractivity contribution in [3.8, 4) is 0 Å². The molecule has 0 spiro atoms. The van der Waals surface area contributed by atoms with Crippen LogP contribution < -0.4 is 5.32 Å². The third-order valence-electron chi connectivity index (χ3n) is 3.39. The Balaban J connectivity index is 1.56. The van der Waals surface area contributed by atoms with E-state index >= 15 is 0 Å². The van der Waals surface area contributed by atoms with Crippen LogP contribution >= 0.6 is 11.3 Å². The molecule has 6 heteroatoms. The van der Waals surface area contributed by atoms with Crippen LogP contribution in [0.2, 0.25) is 0 Å². The van der Waals surface area contributed by atoms with E-state index < -0.39 is 0 Å². The highest BCUT2D eigenvalue weighted by molar-refractivity contribution is 7.13. The summed E-state index contributed by atoms with van der Waals surface area (Å²) in [6.45, 7) is 4.65. The number of amides is 1. The fourth-order valence-electron chi connectivity index (χ4n) is 2.21. The highest BCUT2D eigenvalue weighted by atomic mass is 32.1. The molecule has 0 bridgehead atoms. The van der Waals surface area contributed by atoms with Gasteiger partial charge in [0.15, 0.2) is 0 Å². The smallest absolute Gasteiger partial charge is 0.282 e. The number of hydrogen-bond acceptors (Lipinski definition) is 4. The topological polar surface area (TPSA) is 70.7 Å². The number of fused-ring (bicyclic) bond motifs is 1. The Kier molecular flexibility index (Phi) is 4.20. The summed E-state index contributed by atoms with van der Waals surface area (Å²) in [5.41, 5.74) is 2.23. The Bertz CT molecular complexity index is 757. The number of aromatic nitrogens is 3. The lowest BCUT2D eigenvalue weighted by molar-refractivity contribution is 0.0953. The van der Waals surface area contributed by atoms with E-state index in [2.05, 4.69) is 32.6 Å². The van der Waals surface area contributed by atoms with E-state index in [0.717, 1.165) is 22.6 Å². The second kappa shape index (κ2) is 6.27. The van der Waals surface area contributed by atoms with Gasteiger partial charge in [-0.15, -0.1) is 10.2 Å². The van der Waals surface area contributed by atoms with E-state index in [4.69, 9.17) is 0 Å². The van der Waals surface area contributed by atoms with Gasteiger partial charge in [0.25, 0.3) is 5.91 Å². The average Bonchev–Trinajstić information content (AvgIpc) is 3.13. The molecule has 2 heterocycles. The monoisotopic (exact) mass is 314 g/mol. The van der Waals surface area contributed by atoms with Gasteiger partial charge in [0, 0.05) is 30.1 Å². The van der Waals surface area contributed by atoms with Crippen molar-refractivity contribution >= 4 is 28.1 Å². The van der Waals surface area contributed by atoms with Gasteiger partial charge in [-0.05, 0) is 17.5 Å². The molecule has 0 aliphatic heterocycles. The van der Waals surface area contributed by atoms with Crippen molar-refractivity contribution in [1.29, 1.82) is 0 Å². The molecule has 0 unspecified atom stereocenters. The molecular formula is C16H18N4OS. The summed E-state index contributed by atoms with van der Waals surface area (Å²) in [6, 6.07) is 10.3. The molecule has 3 rings (SSSR count). The second-order valence-electron chi connectivity index (χ2n) is 5.49. The largest absolute Gasteiger partial charge is 0.358 e. The zero-order chi connectivity index (χ0) is 15.5. The molecule has 1 amide bonds. The number of aromatic amines is 1. The standard InChI is InChI=1S/C16H18N4OS/c1-10(2)15-19-20-16(22-15)14(21)17-8-7-12-9-11-5-3-4-6-13(11)18-12/h3-6,9-10,18H,7-8H2,1-2H3,(H,17,21). The Morgan fingerprint density at radius 1 is 1.32 bits per heavy atom. The van der Waals surface area contributed by atoms with E-state index in [0.29, 0.717) is 17.5 Å². The zero-order valence-electron chi connectivity index (χ0n) is 12.6. The van der Waals surface area contributed by atoms with Crippen molar-refractivity contribution in [2.75, 3.05) is 6.54 Å². The number of hydrogen-bond donors (Lipinski definition) is 2. The summed E-state index contributed by atoms with van der Waals surface area (Å²) in [4.78, 5) is 15.4. The third-order valence-corrected chi connectivity index (χ3v) is 4.62. The number of carbonyl (C=O) groups excluding carboxylic acids is 1. The van der Waals surface area contributed by atoms with Crippen molar-refractivity contribution in [1.82, 2.24) is 20.5 Å². The molecule has 0 saturated carbocycles. The van der Waals surface area contributed by atoms with Crippen LogP contribution in [0, 0.1) is 0 Å². The van der Waals surface area contributed by atoms with Crippen LogP contribution in [0.1, 0.15) is 40.3 Å². The number of para-hydroxylation sites is 1. The van der Waals surface area contributed by atoms with Gasteiger partial charge in [0.05, 0.1) is 0 Å². The van der Waals surface area contributed by atoms with Gasteiger partial charge < -0.3 is 10.3 Å². The van der Waals surface area contributed by atoms with Gasteiger partial charge in [-0.3, -0.25) is 4.79 Å². The summed E-state index contributed by atoms with van der Waals surface area (Å²) < 4.78 is 0. The summed E-state index contributed by atoms with van der Waals surface area (Å²) in [7, 11) is 0. The van der Waals surface area contributed by atoms with Crippen LogP contribution in [0.4, 0.5) is 0 Å². The second-order valence-corrected chi connectivity index (χ2v) is 6.50. The molecule has 0 aliphatic rings. The molecule has 0 fully saturated rings. The molecular weight excluding hydrogens is 296 g/mol. The molecule has 114 valence electrons. The number of rotatable bonds is 5. The summed E-state index contributed by atoms with van der Waals surface area (Å²) in [6.07, 6.45) is 0.760. The lowest BCUT2D eigenvalue weighted by Crippen LogP contribution is -2.25. The Hall–Kier alpha value is -2.21. The van der Waals surface area contributed by atoms with Crippen LogP contribution in [0.25, 0.3) is 10.9 Å². The van der Waals surface area contributed by atoms with Crippen molar-refractivity contribution in [2.45, 2.75) is 26.2 Å². The van der Waals surface area contributed by atoms with Crippen LogP contribution in [-0.4, -0.2) is 27.6 Å². The fraction of sp³-hybridized carbons (Fsp3) is 0.312. The van der Waals surface area contributed by atoms with Crippen molar-refractivity contribution in [3.05, 3.63) is 46.0 Å². The maximum absolute atomic E-state index is 12.0. The molecule has 22 heavy (non-hydrogen) atoms. The number of H-pyrrole nitrogens is 1. The highest BCUT2D eigenvalue weighted by Gasteiger charge is 2.14. The molecule has 0 saturated heterocycles. The number of carbonyl (C=O) groups is 1. The predicted molar refractivity (Wildman–Crippen MR) is 88.3 cm³/mol. The van der Waals surface area contributed by atoms with Crippen LogP contribution in [0.15, 0.2) is 30.3 Å². The SMILES string of the molecule is CC(C)c1nnc(C(=O)NCCc2cc3ccccc3[nH]2)s1. The van der Waals surface area contributed by atoms with E-state index in [1.165, 1.54) is 16.7 Å². The van der Waals surface area contributed by atoms with Crippen molar-refractivity contribution in [2.24, 2.45) is 0 Å². The van der Waals surface area contributed by atoms with E-state index in [1.54, 1.807) is 0 Å². The zero-order valence-corrected chi connectivity index (χ0v) is 13.4. The molecule has 2 aromatic heterocycles. The summed E-state index contributed by atoms with van der Waals surface area (Å²) in [5, 5.41) is 13.4. The molecule has 2 N–H and O–H groups in total. The molecule has 0 aliphatic carbocycles. The first-order valence-electron chi connectivity index (χ1n) is 7.31. The molecule has 5 nitrogen and oxygen atoms in total. The minimum Gasteiger partial charge on any atom is -0.358 e. The van der Waals surface area contributed by atoms with Crippen LogP contribution in [0.5, 0.6) is 0 Å². The van der Waals surface area contributed by atoms with Gasteiger partial charge in [0.2, 0.25) is 5.01 Å². The first kappa shape index (κ1) is 14.7. The predicted octanol–water partition coefficient (Wildman–Crippen LogP) is 3.12. The fourth-order valence-corrected chi connectivity index (χ4v) is 2.98. The van der Waals surface area contributed by atoms with Gasteiger partial charge in [-0.25, -0.2) is 0 Å². The Labute approximate surface area is 132 Å². The first-order chi connectivity index (χ1) is 10.6. The van der Waals surface area contributed by atoms with Gasteiger partial charge in [0.1, 0.15) is 5.01 Å². The molecule has 0 atom stereocenters. The maximum Gasteiger partial charge on any atom is 0.282 e. The maximum atomic E-state index is 12.0. The molecule has 0 radical (unpaired) electrons. The Morgan fingerprint density at radius 3 is 2.86 bits per heavy atom. The average molecular weight is 314 g/mol. The van der Waals surface area contributed by atoms with Crippen molar-refractivity contribution < 1.29 is 4.79 Å². The minimum absolute atomic E-state index is 0.152.